The number of halogens is 1. The van der Waals surface area contributed by atoms with E-state index in [0.29, 0.717) is 0 Å². The predicted octanol–water partition coefficient (Wildman–Crippen LogP) is 1.30. The van der Waals surface area contributed by atoms with Crippen LogP contribution in [0.4, 0.5) is 0 Å². The van der Waals surface area contributed by atoms with Crippen LogP contribution in [0.2, 0.25) is 0 Å². The number of nitrogens with zero attached hydrogens (tertiary/aromatic N) is 1. The lowest BCUT2D eigenvalue weighted by molar-refractivity contribution is -0.136. The van der Waals surface area contributed by atoms with Crippen molar-refractivity contribution in [2.45, 2.75) is 37.6 Å². The highest BCUT2D eigenvalue weighted by molar-refractivity contribution is 9.10. The molecule has 90 valence electrons. The van der Waals surface area contributed by atoms with Crippen LogP contribution in [0.5, 0.6) is 0 Å². The average Bonchev–Trinajstić information content (AvgIpc) is 2.11. The third kappa shape index (κ3) is 3.04. The van der Waals surface area contributed by atoms with Crippen molar-refractivity contribution >= 4 is 33.6 Å². The van der Waals surface area contributed by atoms with Crippen LogP contribution >= 0.6 is 15.9 Å². The van der Waals surface area contributed by atoms with Gasteiger partial charge in [-0.1, -0.05) is 15.9 Å². The monoisotopic (exact) mass is 290 g/mol. The molecule has 1 heterocycles. The number of carbonyl (C=O) groups is 2. The van der Waals surface area contributed by atoms with E-state index in [0.717, 1.165) is 0 Å². The molecule has 0 aromatic rings. The average molecular weight is 291 g/mol. The number of ether oxygens (including phenoxy) is 1. The fourth-order valence-electron chi connectivity index (χ4n) is 1.28. The summed E-state index contributed by atoms with van der Waals surface area (Å²) < 4.78 is 5.29. The first-order chi connectivity index (χ1) is 7.22. The van der Waals surface area contributed by atoms with Crippen molar-refractivity contribution in [1.29, 1.82) is 5.41 Å². The molecule has 0 aromatic heterocycles. The van der Waals surface area contributed by atoms with Gasteiger partial charge in [-0.25, -0.2) is 0 Å². The summed E-state index contributed by atoms with van der Waals surface area (Å²) in [6.07, 6.45) is 0.248. The van der Waals surface area contributed by atoms with Gasteiger partial charge in [0.05, 0.1) is 0 Å². The second-order valence-corrected chi connectivity index (χ2v) is 5.50. The molecule has 1 saturated heterocycles. The second kappa shape index (κ2) is 4.53. The molecule has 1 unspecified atom stereocenters. The maximum atomic E-state index is 11.7. The zero-order valence-corrected chi connectivity index (χ0v) is 11.1. The molecule has 0 aromatic carbocycles. The van der Waals surface area contributed by atoms with Gasteiger partial charge in [0.15, 0.2) is 10.6 Å². The molecule has 1 N–H and O–H groups in total. The fourth-order valence-corrected chi connectivity index (χ4v) is 1.76. The van der Waals surface area contributed by atoms with Crippen LogP contribution in [0.1, 0.15) is 27.2 Å². The van der Waals surface area contributed by atoms with Crippen LogP contribution < -0.4 is 0 Å². The molecule has 1 rings (SSSR count). The topological polar surface area (TPSA) is 70.5 Å². The highest BCUT2D eigenvalue weighted by Gasteiger charge is 2.36. The zero-order chi connectivity index (χ0) is 12.5. The van der Waals surface area contributed by atoms with E-state index in [4.69, 9.17) is 10.1 Å². The Morgan fingerprint density at radius 2 is 2.06 bits per heavy atom. The molecule has 0 spiro atoms. The van der Waals surface area contributed by atoms with Gasteiger partial charge in [0.25, 0.3) is 11.9 Å². The molecule has 0 bridgehead atoms. The summed E-state index contributed by atoms with van der Waals surface area (Å²) in [5.74, 6) is -0.574. The summed E-state index contributed by atoms with van der Waals surface area (Å²) in [7, 11) is 0. The molecule has 0 radical (unpaired) electrons. The molecule has 1 aliphatic rings. The van der Waals surface area contributed by atoms with E-state index in [1.807, 2.05) is 0 Å². The van der Waals surface area contributed by atoms with Gasteiger partial charge >= 0.3 is 0 Å². The quantitative estimate of drug-likeness (QED) is 0.316. The number of likely N-dealkylation sites (tertiary alicyclic amines) is 1. The minimum atomic E-state index is -0.842. The van der Waals surface area contributed by atoms with E-state index < -0.39 is 16.3 Å². The smallest absolute Gasteiger partial charge is 0.291 e. The normalized spacial score (nSPS) is 22.2. The first-order valence-corrected chi connectivity index (χ1v) is 5.89. The van der Waals surface area contributed by atoms with Gasteiger partial charge in [0, 0.05) is 13.0 Å². The number of amidine groups is 1. The fraction of sp³-hybridized carbons (Fsp3) is 0.700. The zero-order valence-electron chi connectivity index (χ0n) is 9.54. The Morgan fingerprint density at radius 3 is 2.56 bits per heavy atom. The van der Waals surface area contributed by atoms with Crippen molar-refractivity contribution in [2.24, 2.45) is 0 Å². The molecule has 1 fully saturated rings. The van der Waals surface area contributed by atoms with Crippen LogP contribution in [0.15, 0.2) is 0 Å². The van der Waals surface area contributed by atoms with E-state index in [1.165, 1.54) is 4.90 Å². The van der Waals surface area contributed by atoms with E-state index in [9.17, 15) is 9.59 Å². The minimum absolute atomic E-state index is 0.148. The highest BCUT2D eigenvalue weighted by Crippen LogP contribution is 2.18. The van der Waals surface area contributed by atoms with Crippen molar-refractivity contribution in [3.63, 3.8) is 0 Å². The first-order valence-electron chi connectivity index (χ1n) is 4.98. The molecule has 1 amide bonds. The van der Waals surface area contributed by atoms with Crippen LogP contribution in [0.3, 0.4) is 0 Å². The lowest BCUT2D eigenvalue weighted by Gasteiger charge is -2.31. The van der Waals surface area contributed by atoms with Gasteiger partial charge in [0.1, 0.15) is 5.60 Å². The SMILES string of the molecule is CC(C)(C)OC(=N)N1CCC(=O)C(Br)C1=O. The van der Waals surface area contributed by atoms with Crippen molar-refractivity contribution in [1.82, 2.24) is 4.90 Å². The molecule has 1 aliphatic heterocycles. The number of alkyl halides is 1. The minimum Gasteiger partial charge on any atom is -0.459 e. The van der Waals surface area contributed by atoms with Gasteiger partial charge in [-0.15, -0.1) is 0 Å². The lowest BCUT2D eigenvalue weighted by Crippen LogP contribution is -2.51. The van der Waals surface area contributed by atoms with E-state index >= 15 is 0 Å². The number of Topliss-reactive ketones (excluding diaryl/α,β-unsaturated/α-hetero) is 1. The van der Waals surface area contributed by atoms with Crippen LogP contribution in [0.25, 0.3) is 0 Å². The maximum absolute atomic E-state index is 11.7. The van der Waals surface area contributed by atoms with Crippen molar-refractivity contribution in [3.8, 4) is 0 Å². The summed E-state index contributed by atoms with van der Waals surface area (Å²) in [6.45, 7) is 5.61. The van der Waals surface area contributed by atoms with E-state index in [2.05, 4.69) is 15.9 Å². The van der Waals surface area contributed by atoms with E-state index in [-0.39, 0.29) is 24.8 Å². The Balaban J connectivity index is 2.71. The van der Waals surface area contributed by atoms with Crippen molar-refractivity contribution in [2.75, 3.05) is 6.54 Å². The highest BCUT2D eigenvalue weighted by atomic mass is 79.9. The second-order valence-electron chi connectivity index (χ2n) is 4.59. The number of hydrogen-bond donors (Lipinski definition) is 1. The number of amides is 1. The predicted molar refractivity (Wildman–Crippen MR) is 62.6 cm³/mol. The number of nitrogens with one attached hydrogen (secondary N) is 1. The summed E-state index contributed by atoms with van der Waals surface area (Å²) in [5.41, 5.74) is -0.527. The van der Waals surface area contributed by atoms with Gasteiger partial charge in [-0.3, -0.25) is 19.9 Å². The van der Waals surface area contributed by atoms with Crippen LogP contribution in [-0.4, -0.2) is 39.6 Å². The molecular weight excluding hydrogens is 276 g/mol. The molecule has 5 nitrogen and oxygen atoms in total. The van der Waals surface area contributed by atoms with Crippen molar-refractivity contribution in [3.05, 3.63) is 0 Å². The third-order valence-corrected chi connectivity index (χ3v) is 2.90. The van der Waals surface area contributed by atoms with Gasteiger partial charge in [0.2, 0.25) is 0 Å². The molecule has 1 atom stereocenters. The van der Waals surface area contributed by atoms with Gasteiger partial charge < -0.3 is 4.74 Å². The van der Waals surface area contributed by atoms with Crippen LogP contribution in [-0.2, 0) is 14.3 Å². The number of piperidine rings is 1. The van der Waals surface area contributed by atoms with Gasteiger partial charge in [-0.05, 0) is 20.8 Å². The largest absolute Gasteiger partial charge is 0.459 e. The Morgan fingerprint density at radius 1 is 1.50 bits per heavy atom. The summed E-state index contributed by atoms with van der Waals surface area (Å²) in [6, 6.07) is -0.200. The number of rotatable bonds is 0. The summed E-state index contributed by atoms with van der Waals surface area (Å²) in [5, 5.41) is 7.68. The Labute approximate surface area is 103 Å². The maximum Gasteiger partial charge on any atom is 0.291 e. The molecule has 6 heteroatoms. The Kier molecular flexibility index (Phi) is 3.72. The Bertz CT molecular complexity index is 335. The molecule has 0 saturated carbocycles. The Hall–Kier alpha value is -0.910. The lowest BCUT2D eigenvalue weighted by atomic mass is 10.1. The molecular formula is C10H15BrN2O3. The van der Waals surface area contributed by atoms with Crippen LogP contribution in [0, 0.1) is 5.41 Å². The van der Waals surface area contributed by atoms with E-state index in [1.54, 1.807) is 20.8 Å². The number of hydrogen-bond acceptors (Lipinski definition) is 4. The third-order valence-electron chi connectivity index (χ3n) is 2.00. The summed E-state index contributed by atoms with van der Waals surface area (Å²) in [4.78, 5) is 23.3. The molecule has 16 heavy (non-hydrogen) atoms. The summed E-state index contributed by atoms with van der Waals surface area (Å²) >= 11 is 3.01. The number of ketones is 1. The number of carbonyl (C=O) groups excluding carboxylic acids is 2. The molecule has 0 aliphatic carbocycles. The van der Waals surface area contributed by atoms with Crippen molar-refractivity contribution < 1.29 is 14.3 Å². The standard InChI is InChI=1S/C10H15BrN2O3/c1-10(2,3)16-9(12)13-5-4-6(14)7(11)8(13)15/h7,12H,4-5H2,1-3H3. The first kappa shape index (κ1) is 13.2. The van der Waals surface area contributed by atoms with Gasteiger partial charge in [-0.2, -0.15) is 0 Å².